The molecular weight excluding hydrogens is 172 g/mol. The molecule has 0 saturated carbocycles. The van der Waals surface area contributed by atoms with Gasteiger partial charge in [-0.2, -0.15) is 0 Å². The van der Waals surface area contributed by atoms with Gasteiger partial charge in [0.2, 0.25) is 5.91 Å². The Morgan fingerprint density at radius 2 is 2.08 bits per heavy atom. The van der Waals surface area contributed by atoms with Crippen molar-refractivity contribution in [2.75, 3.05) is 13.1 Å². The maximum atomic E-state index is 11.0. The van der Waals surface area contributed by atoms with Crippen molar-refractivity contribution in [2.24, 2.45) is 0 Å². The Bertz CT molecular complexity index is 182. The molecule has 0 fully saturated rings. The summed E-state index contributed by atoms with van der Waals surface area (Å²) in [5.41, 5.74) is 0. The monoisotopic (exact) mass is 188 g/mol. The van der Waals surface area contributed by atoms with Crippen LogP contribution in [0.3, 0.4) is 0 Å². The second-order valence-corrected chi connectivity index (χ2v) is 2.83. The van der Waals surface area contributed by atoms with Crippen LogP contribution < -0.4 is 10.6 Å². The molecule has 5 heteroatoms. The summed E-state index contributed by atoms with van der Waals surface area (Å²) in [7, 11) is 0. The summed E-state index contributed by atoms with van der Waals surface area (Å²) >= 11 is 0. The molecule has 1 unspecified atom stereocenters. The summed E-state index contributed by atoms with van der Waals surface area (Å²) in [4.78, 5) is 21.1. The minimum Gasteiger partial charge on any atom is -0.480 e. The lowest BCUT2D eigenvalue weighted by molar-refractivity contribution is -0.138. The molecule has 76 valence electrons. The van der Waals surface area contributed by atoms with Gasteiger partial charge in [-0.25, -0.2) is 0 Å². The van der Waals surface area contributed by atoms with E-state index in [9.17, 15) is 9.59 Å². The van der Waals surface area contributed by atoms with Gasteiger partial charge in [-0.15, -0.1) is 0 Å². The van der Waals surface area contributed by atoms with E-state index in [-0.39, 0.29) is 18.5 Å². The first-order valence-electron chi connectivity index (χ1n) is 4.28. The molecule has 0 aliphatic heterocycles. The number of carboxylic acid groups (broad SMARTS) is 1. The van der Waals surface area contributed by atoms with E-state index < -0.39 is 5.97 Å². The highest BCUT2D eigenvalue weighted by atomic mass is 16.4. The largest absolute Gasteiger partial charge is 0.480 e. The van der Waals surface area contributed by atoms with Gasteiger partial charge in [0.1, 0.15) is 6.54 Å². The third kappa shape index (κ3) is 7.27. The van der Waals surface area contributed by atoms with E-state index in [2.05, 4.69) is 10.6 Å². The molecule has 0 rings (SSSR count). The van der Waals surface area contributed by atoms with E-state index in [1.54, 1.807) is 0 Å². The van der Waals surface area contributed by atoms with Crippen LogP contribution in [0.2, 0.25) is 0 Å². The first-order chi connectivity index (χ1) is 6.06. The number of carbonyl (C=O) groups excluding carboxylic acids is 1. The van der Waals surface area contributed by atoms with Crippen LogP contribution in [0.25, 0.3) is 0 Å². The molecule has 0 heterocycles. The number of carboxylic acids is 1. The number of rotatable bonds is 6. The van der Waals surface area contributed by atoms with Crippen LogP contribution in [0.4, 0.5) is 0 Å². The quantitative estimate of drug-likeness (QED) is 0.529. The minimum absolute atomic E-state index is 0.0822. The average Bonchev–Trinajstić information content (AvgIpc) is 2.01. The van der Waals surface area contributed by atoms with E-state index in [1.165, 1.54) is 0 Å². The highest BCUT2D eigenvalue weighted by molar-refractivity contribution is 5.81. The average molecular weight is 188 g/mol. The molecule has 0 spiro atoms. The zero-order chi connectivity index (χ0) is 10.3. The molecule has 0 aromatic carbocycles. The van der Waals surface area contributed by atoms with Crippen molar-refractivity contribution >= 4 is 11.9 Å². The lowest BCUT2D eigenvalue weighted by Crippen LogP contribution is -2.35. The fraction of sp³-hybridized carbons (Fsp3) is 0.750. The number of hydrogen-bond donors (Lipinski definition) is 3. The van der Waals surface area contributed by atoms with Gasteiger partial charge < -0.3 is 15.7 Å². The Morgan fingerprint density at radius 3 is 2.54 bits per heavy atom. The molecule has 13 heavy (non-hydrogen) atoms. The van der Waals surface area contributed by atoms with Crippen LogP contribution in [-0.2, 0) is 9.59 Å². The molecule has 5 nitrogen and oxygen atoms in total. The normalized spacial score (nSPS) is 12.2. The van der Waals surface area contributed by atoms with Gasteiger partial charge >= 0.3 is 5.97 Å². The highest BCUT2D eigenvalue weighted by Crippen LogP contribution is 1.89. The summed E-state index contributed by atoms with van der Waals surface area (Å²) in [5, 5.41) is 13.6. The predicted molar refractivity (Wildman–Crippen MR) is 48.4 cm³/mol. The lowest BCUT2D eigenvalue weighted by Gasteiger charge is -2.10. The van der Waals surface area contributed by atoms with Crippen molar-refractivity contribution in [3.05, 3.63) is 0 Å². The molecular formula is C8H16N2O3. The first kappa shape index (κ1) is 11.9. The number of hydrogen-bond acceptors (Lipinski definition) is 3. The summed E-state index contributed by atoms with van der Waals surface area (Å²) < 4.78 is 0. The van der Waals surface area contributed by atoms with E-state index in [0.717, 1.165) is 6.54 Å². The lowest BCUT2D eigenvalue weighted by atomic mass is 10.2. The third-order valence-corrected chi connectivity index (χ3v) is 1.48. The van der Waals surface area contributed by atoms with E-state index in [4.69, 9.17) is 5.11 Å². The maximum Gasteiger partial charge on any atom is 0.322 e. The van der Waals surface area contributed by atoms with Crippen molar-refractivity contribution in [1.82, 2.24) is 10.6 Å². The number of aliphatic carboxylic acids is 1. The zero-order valence-corrected chi connectivity index (χ0v) is 7.96. The van der Waals surface area contributed by atoms with Gasteiger partial charge in [0.05, 0.1) is 0 Å². The van der Waals surface area contributed by atoms with Crippen LogP contribution in [0.1, 0.15) is 20.3 Å². The van der Waals surface area contributed by atoms with E-state index in [1.807, 2.05) is 13.8 Å². The molecule has 0 aromatic rings. The summed E-state index contributed by atoms with van der Waals surface area (Å²) in [6.07, 6.45) is 0.307. The Morgan fingerprint density at radius 1 is 1.46 bits per heavy atom. The second-order valence-electron chi connectivity index (χ2n) is 2.83. The van der Waals surface area contributed by atoms with Crippen molar-refractivity contribution in [2.45, 2.75) is 26.3 Å². The molecule has 0 aliphatic rings. The molecule has 3 N–H and O–H groups in total. The van der Waals surface area contributed by atoms with Gasteiger partial charge in [0, 0.05) is 12.5 Å². The van der Waals surface area contributed by atoms with Gasteiger partial charge in [0.25, 0.3) is 0 Å². The van der Waals surface area contributed by atoms with Crippen LogP contribution >= 0.6 is 0 Å². The molecule has 0 saturated heterocycles. The summed E-state index contributed by atoms with van der Waals surface area (Å²) in [6, 6.07) is 0.0822. The Labute approximate surface area is 77.5 Å². The smallest absolute Gasteiger partial charge is 0.322 e. The van der Waals surface area contributed by atoms with E-state index in [0.29, 0.717) is 6.42 Å². The molecule has 1 amide bonds. The van der Waals surface area contributed by atoms with Crippen molar-refractivity contribution in [3.63, 3.8) is 0 Å². The number of carbonyl (C=O) groups is 2. The standard InChI is InChI=1S/C8H16N2O3/c1-3-9-6(2)4-7(11)10-5-8(12)13/h6,9H,3-5H2,1-2H3,(H,10,11)(H,12,13). The minimum atomic E-state index is -1.02. The van der Waals surface area contributed by atoms with Crippen molar-refractivity contribution in [1.29, 1.82) is 0 Å². The second kappa shape index (κ2) is 6.42. The molecule has 1 atom stereocenters. The van der Waals surface area contributed by atoms with E-state index >= 15 is 0 Å². The zero-order valence-electron chi connectivity index (χ0n) is 7.96. The molecule has 0 aliphatic carbocycles. The summed E-state index contributed by atoms with van der Waals surface area (Å²) in [6.45, 7) is 4.32. The number of amides is 1. The third-order valence-electron chi connectivity index (χ3n) is 1.48. The first-order valence-corrected chi connectivity index (χ1v) is 4.28. The Hall–Kier alpha value is -1.10. The summed E-state index contributed by atoms with van der Waals surface area (Å²) in [5.74, 6) is -1.26. The highest BCUT2D eigenvalue weighted by Gasteiger charge is 2.08. The fourth-order valence-electron chi connectivity index (χ4n) is 0.945. The van der Waals surface area contributed by atoms with Crippen molar-refractivity contribution < 1.29 is 14.7 Å². The van der Waals surface area contributed by atoms with Crippen LogP contribution in [0, 0.1) is 0 Å². The molecule has 0 bridgehead atoms. The molecule has 0 radical (unpaired) electrons. The number of nitrogens with one attached hydrogen (secondary N) is 2. The van der Waals surface area contributed by atoms with Gasteiger partial charge in [-0.05, 0) is 13.5 Å². The Balaban J connectivity index is 3.55. The maximum absolute atomic E-state index is 11.0. The van der Waals surface area contributed by atoms with Gasteiger partial charge in [-0.1, -0.05) is 6.92 Å². The van der Waals surface area contributed by atoms with Crippen LogP contribution in [0.15, 0.2) is 0 Å². The van der Waals surface area contributed by atoms with Crippen LogP contribution in [0.5, 0.6) is 0 Å². The van der Waals surface area contributed by atoms with Crippen molar-refractivity contribution in [3.8, 4) is 0 Å². The topological polar surface area (TPSA) is 78.4 Å². The van der Waals surface area contributed by atoms with Gasteiger partial charge in [0.15, 0.2) is 0 Å². The van der Waals surface area contributed by atoms with Crippen LogP contribution in [-0.4, -0.2) is 36.1 Å². The molecule has 0 aromatic heterocycles. The predicted octanol–water partition coefficient (Wildman–Crippen LogP) is -0.425. The fourth-order valence-corrected chi connectivity index (χ4v) is 0.945. The SMILES string of the molecule is CCNC(C)CC(=O)NCC(=O)O. The van der Waals surface area contributed by atoms with Gasteiger partial charge in [-0.3, -0.25) is 9.59 Å². The Kier molecular flexibility index (Phi) is 5.88.